The number of ether oxygens (including phenoxy) is 1. The van der Waals surface area contributed by atoms with E-state index in [2.05, 4.69) is 4.98 Å². The van der Waals surface area contributed by atoms with Crippen LogP contribution in [0, 0.1) is 5.41 Å². The molecular formula is C14H21ClN2O3. The average molecular weight is 301 g/mol. The standard InChI is InChI=1S/C14H21ClN2O3/c1-3-4-10-11(15)16-13(19)17(12(10)18)9-14(5-6-14)7-8-20-2/h3-9H2,1-2H3,(H,16,19). The summed E-state index contributed by atoms with van der Waals surface area (Å²) in [7, 11) is 1.66. The highest BCUT2D eigenvalue weighted by Crippen LogP contribution is 2.49. The van der Waals surface area contributed by atoms with E-state index >= 15 is 0 Å². The van der Waals surface area contributed by atoms with E-state index < -0.39 is 5.69 Å². The second-order valence-electron chi connectivity index (χ2n) is 5.61. The van der Waals surface area contributed by atoms with Crippen LogP contribution in [0.15, 0.2) is 9.59 Å². The van der Waals surface area contributed by atoms with Crippen molar-refractivity contribution in [2.45, 2.75) is 45.6 Å². The number of hydrogen-bond donors (Lipinski definition) is 1. The quantitative estimate of drug-likeness (QED) is 0.783. The van der Waals surface area contributed by atoms with Gasteiger partial charge in [-0.2, -0.15) is 0 Å². The molecule has 0 aliphatic heterocycles. The van der Waals surface area contributed by atoms with Crippen molar-refractivity contribution in [3.8, 4) is 0 Å². The van der Waals surface area contributed by atoms with Crippen LogP contribution in [-0.2, 0) is 17.7 Å². The molecule has 1 aliphatic carbocycles. The maximum absolute atomic E-state index is 12.4. The first-order chi connectivity index (χ1) is 9.53. The Hall–Kier alpha value is -1.07. The Bertz CT molecular complexity index is 587. The van der Waals surface area contributed by atoms with Crippen molar-refractivity contribution in [3.63, 3.8) is 0 Å². The van der Waals surface area contributed by atoms with Gasteiger partial charge in [0.25, 0.3) is 5.56 Å². The maximum atomic E-state index is 12.4. The summed E-state index contributed by atoms with van der Waals surface area (Å²) in [6, 6.07) is 0. The molecule has 1 aliphatic rings. The van der Waals surface area contributed by atoms with Crippen LogP contribution < -0.4 is 11.2 Å². The number of halogens is 1. The summed E-state index contributed by atoms with van der Waals surface area (Å²) in [5, 5.41) is 0.180. The van der Waals surface area contributed by atoms with Crippen molar-refractivity contribution in [2.24, 2.45) is 5.41 Å². The summed E-state index contributed by atoms with van der Waals surface area (Å²) < 4.78 is 6.41. The van der Waals surface area contributed by atoms with Gasteiger partial charge in [-0.15, -0.1) is 0 Å². The van der Waals surface area contributed by atoms with Crippen LogP contribution in [0.1, 0.15) is 38.2 Å². The first-order valence-electron chi connectivity index (χ1n) is 7.03. The summed E-state index contributed by atoms with van der Waals surface area (Å²) >= 11 is 5.97. The van der Waals surface area contributed by atoms with Crippen LogP contribution in [-0.4, -0.2) is 23.3 Å². The van der Waals surface area contributed by atoms with Crippen molar-refractivity contribution >= 4 is 11.6 Å². The van der Waals surface area contributed by atoms with Gasteiger partial charge >= 0.3 is 5.69 Å². The number of nitrogens with one attached hydrogen (secondary N) is 1. The minimum absolute atomic E-state index is 0.0458. The molecule has 1 aromatic heterocycles. The number of nitrogens with zero attached hydrogens (tertiary/aromatic N) is 1. The predicted molar refractivity (Wildman–Crippen MR) is 78.5 cm³/mol. The molecule has 112 valence electrons. The van der Waals surface area contributed by atoms with Crippen LogP contribution in [0.4, 0.5) is 0 Å². The normalized spacial score (nSPS) is 16.4. The molecule has 1 heterocycles. The van der Waals surface area contributed by atoms with Gasteiger partial charge in [-0.05, 0) is 31.1 Å². The molecule has 1 fully saturated rings. The number of hydrogen-bond acceptors (Lipinski definition) is 3. The van der Waals surface area contributed by atoms with E-state index in [1.807, 2.05) is 6.92 Å². The lowest BCUT2D eigenvalue weighted by atomic mass is 10.0. The zero-order valence-electron chi connectivity index (χ0n) is 12.0. The molecule has 0 saturated heterocycles. The number of rotatable bonds is 7. The van der Waals surface area contributed by atoms with Gasteiger partial charge in [-0.1, -0.05) is 24.9 Å². The zero-order valence-corrected chi connectivity index (χ0v) is 12.8. The van der Waals surface area contributed by atoms with Gasteiger partial charge in [-0.3, -0.25) is 14.3 Å². The average Bonchev–Trinajstić information content (AvgIpc) is 3.18. The van der Waals surface area contributed by atoms with E-state index in [9.17, 15) is 9.59 Å². The van der Waals surface area contributed by atoms with Crippen LogP contribution in [0.25, 0.3) is 0 Å². The maximum Gasteiger partial charge on any atom is 0.329 e. The Morgan fingerprint density at radius 1 is 1.40 bits per heavy atom. The molecule has 0 spiro atoms. The lowest BCUT2D eigenvalue weighted by molar-refractivity contribution is 0.166. The Morgan fingerprint density at radius 2 is 2.10 bits per heavy atom. The van der Waals surface area contributed by atoms with E-state index in [0.29, 0.717) is 25.1 Å². The second kappa shape index (κ2) is 6.14. The van der Waals surface area contributed by atoms with Gasteiger partial charge in [-0.25, -0.2) is 4.79 Å². The van der Waals surface area contributed by atoms with Crippen molar-refractivity contribution < 1.29 is 4.74 Å². The van der Waals surface area contributed by atoms with Crippen LogP contribution in [0.3, 0.4) is 0 Å². The topological polar surface area (TPSA) is 64.1 Å². The highest BCUT2D eigenvalue weighted by atomic mass is 35.5. The first kappa shape index (κ1) is 15.3. The molecule has 5 nitrogen and oxygen atoms in total. The smallest absolute Gasteiger partial charge is 0.329 e. The molecule has 1 aromatic rings. The van der Waals surface area contributed by atoms with Gasteiger partial charge in [0.05, 0.1) is 5.56 Å². The van der Waals surface area contributed by atoms with Gasteiger partial charge in [0.1, 0.15) is 5.15 Å². The van der Waals surface area contributed by atoms with Gasteiger partial charge in [0.15, 0.2) is 0 Å². The van der Waals surface area contributed by atoms with Gasteiger partial charge in [0, 0.05) is 20.3 Å². The van der Waals surface area contributed by atoms with E-state index in [4.69, 9.17) is 16.3 Å². The minimum atomic E-state index is -0.413. The molecule has 0 radical (unpaired) electrons. The third kappa shape index (κ3) is 3.15. The minimum Gasteiger partial charge on any atom is -0.385 e. The van der Waals surface area contributed by atoms with E-state index in [0.717, 1.165) is 25.7 Å². The highest BCUT2D eigenvalue weighted by Gasteiger charge is 2.43. The first-order valence-corrected chi connectivity index (χ1v) is 7.41. The Kier molecular flexibility index (Phi) is 4.70. The molecule has 0 bridgehead atoms. The third-order valence-corrected chi connectivity index (χ3v) is 4.34. The third-order valence-electron chi connectivity index (χ3n) is 4.02. The Morgan fingerprint density at radius 3 is 2.65 bits per heavy atom. The SMILES string of the molecule is CCCc1c(Cl)[nH]c(=O)n(CC2(CCOC)CC2)c1=O. The lowest BCUT2D eigenvalue weighted by Crippen LogP contribution is -2.39. The highest BCUT2D eigenvalue weighted by molar-refractivity contribution is 6.30. The fourth-order valence-corrected chi connectivity index (χ4v) is 2.77. The Balaban J connectivity index is 2.30. The molecule has 1 saturated carbocycles. The predicted octanol–water partition coefficient (Wildman–Crippen LogP) is 1.96. The lowest BCUT2D eigenvalue weighted by Gasteiger charge is -2.16. The second-order valence-corrected chi connectivity index (χ2v) is 5.98. The molecular weight excluding hydrogens is 280 g/mol. The van der Waals surface area contributed by atoms with Crippen molar-refractivity contribution in [2.75, 3.05) is 13.7 Å². The molecule has 20 heavy (non-hydrogen) atoms. The molecule has 0 unspecified atom stereocenters. The largest absolute Gasteiger partial charge is 0.385 e. The van der Waals surface area contributed by atoms with Crippen LogP contribution >= 0.6 is 11.6 Å². The summed E-state index contributed by atoms with van der Waals surface area (Å²) in [6.07, 6.45) is 4.35. The van der Waals surface area contributed by atoms with Crippen LogP contribution in [0.5, 0.6) is 0 Å². The van der Waals surface area contributed by atoms with Gasteiger partial charge in [0.2, 0.25) is 0 Å². The monoisotopic (exact) mass is 300 g/mol. The summed E-state index contributed by atoms with van der Waals surface area (Å²) in [5.74, 6) is 0. The number of aromatic nitrogens is 2. The molecule has 0 amide bonds. The summed E-state index contributed by atoms with van der Waals surface area (Å²) in [5.41, 5.74) is -0.103. The zero-order chi connectivity index (χ0) is 14.8. The Labute approximate surface area is 122 Å². The fraction of sp³-hybridized carbons (Fsp3) is 0.714. The summed E-state index contributed by atoms with van der Waals surface area (Å²) in [6.45, 7) is 3.09. The van der Waals surface area contributed by atoms with Crippen molar-refractivity contribution in [1.29, 1.82) is 0 Å². The van der Waals surface area contributed by atoms with E-state index in [1.54, 1.807) is 7.11 Å². The number of H-pyrrole nitrogens is 1. The van der Waals surface area contributed by atoms with Crippen molar-refractivity contribution in [3.05, 3.63) is 31.6 Å². The van der Waals surface area contributed by atoms with E-state index in [-0.39, 0.29) is 16.1 Å². The van der Waals surface area contributed by atoms with Crippen molar-refractivity contribution in [1.82, 2.24) is 9.55 Å². The van der Waals surface area contributed by atoms with Crippen LogP contribution in [0.2, 0.25) is 5.15 Å². The molecule has 0 atom stereocenters. The fourth-order valence-electron chi connectivity index (χ4n) is 2.51. The number of methoxy groups -OCH3 is 1. The molecule has 0 aromatic carbocycles. The van der Waals surface area contributed by atoms with E-state index in [1.165, 1.54) is 4.57 Å². The van der Waals surface area contributed by atoms with Gasteiger partial charge < -0.3 is 4.74 Å². The summed E-state index contributed by atoms with van der Waals surface area (Å²) in [4.78, 5) is 27.0. The molecule has 6 heteroatoms. The molecule has 1 N–H and O–H groups in total. The number of aromatic amines is 1. The molecule has 2 rings (SSSR count).